The average molecular weight is 345 g/mol. The van der Waals surface area contributed by atoms with Crippen LogP contribution in [0.25, 0.3) is 0 Å². The molecule has 0 amide bonds. The minimum absolute atomic E-state index is 0.0829. The van der Waals surface area contributed by atoms with Crippen LogP contribution in [0.1, 0.15) is 29.8 Å². The average Bonchev–Trinajstić information content (AvgIpc) is 2.85. The molecule has 124 valence electrons. The van der Waals surface area contributed by atoms with Crippen molar-refractivity contribution in [2.75, 3.05) is 4.83 Å². The monoisotopic (exact) mass is 345 g/mol. The smallest absolute Gasteiger partial charge is 0.200 e. The van der Waals surface area contributed by atoms with Crippen molar-refractivity contribution in [2.24, 2.45) is 0 Å². The van der Waals surface area contributed by atoms with Gasteiger partial charge >= 0.3 is 6.18 Å². The largest absolute Gasteiger partial charge is 0.435 e. The number of halogens is 3. The van der Waals surface area contributed by atoms with Crippen LogP contribution in [0.4, 0.5) is 13.2 Å². The zero-order chi connectivity index (χ0) is 16.7. The van der Waals surface area contributed by atoms with E-state index in [4.69, 9.17) is 0 Å². The van der Waals surface area contributed by atoms with Crippen molar-refractivity contribution in [1.29, 1.82) is 0 Å². The zero-order valence-electron chi connectivity index (χ0n) is 12.0. The fourth-order valence-corrected chi connectivity index (χ4v) is 3.66. The van der Waals surface area contributed by atoms with Gasteiger partial charge < -0.3 is 0 Å². The number of fused-ring (bicyclic) bond motifs is 1. The molecule has 0 saturated heterocycles. The lowest BCUT2D eigenvalue weighted by molar-refractivity contribution is -0.143. The third-order valence-electron chi connectivity index (χ3n) is 3.69. The number of nitrogens with one attached hydrogen (secondary N) is 1. The minimum atomic E-state index is -4.68. The molecule has 0 saturated carbocycles. The van der Waals surface area contributed by atoms with Gasteiger partial charge in [0.15, 0.2) is 5.69 Å². The van der Waals surface area contributed by atoms with Crippen LogP contribution in [0.15, 0.2) is 35.2 Å². The number of benzene rings is 1. The molecule has 1 heterocycles. The summed E-state index contributed by atoms with van der Waals surface area (Å²) in [7, 11) is -4.15. The van der Waals surface area contributed by atoms with Crippen LogP contribution < -0.4 is 4.83 Å². The van der Waals surface area contributed by atoms with Gasteiger partial charge in [0.25, 0.3) is 10.0 Å². The number of alkyl halides is 3. The molecule has 0 unspecified atom stereocenters. The maximum atomic E-state index is 13.4. The summed E-state index contributed by atoms with van der Waals surface area (Å²) in [6.45, 7) is 0. The van der Waals surface area contributed by atoms with E-state index in [9.17, 15) is 21.6 Å². The molecule has 3 rings (SSSR count). The van der Waals surface area contributed by atoms with Gasteiger partial charge in [0.1, 0.15) is 0 Å². The number of hydrogen-bond donors (Lipinski definition) is 1. The fraction of sp³-hybridized carbons (Fsp3) is 0.357. The summed E-state index contributed by atoms with van der Waals surface area (Å²) in [5.41, 5.74) is -0.648. The first-order valence-corrected chi connectivity index (χ1v) is 8.53. The SMILES string of the molecule is O=S(=O)(Nn1nc2c(c1C(F)(F)F)CCCC2)c1ccccc1. The lowest BCUT2D eigenvalue weighted by atomic mass is 9.96. The molecule has 0 radical (unpaired) electrons. The predicted molar refractivity (Wildman–Crippen MR) is 76.9 cm³/mol. The molecule has 0 atom stereocenters. The topological polar surface area (TPSA) is 64.0 Å². The van der Waals surface area contributed by atoms with Crippen LogP contribution in [0.3, 0.4) is 0 Å². The third kappa shape index (κ3) is 3.05. The van der Waals surface area contributed by atoms with Crippen molar-refractivity contribution in [3.63, 3.8) is 0 Å². The Morgan fingerprint density at radius 1 is 1.09 bits per heavy atom. The highest BCUT2D eigenvalue weighted by molar-refractivity contribution is 7.92. The summed E-state index contributed by atoms with van der Waals surface area (Å²) in [5.74, 6) is 0. The second-order valence-electron chi connectivity index (χ2n) is 5.30. The molecular formula is C14H14F3N3O2S. The minimum Gasteiger partial charge on any atom is -0.200 e. The van der Waals surface area contributed by atoms with Crippen LogP contribution in [0.5, 0.6) is 0 Å². The van der Waals surface area contributed by atoms with E-state index in [-0.39, 0.29) is 16.9 Å². The molecule has 2 aromatic rings. The van der Waals surface area contributed by atoms with Crippen LogP contribution in [0.2, 0.25) is 0 Å². The summed E-state index contributed by atoms with van der Waals surface area (Å²) in [6, 6.07) is 7.21. The number of hydrogen-bond acceptors (Lipinski definition) is 3. The summed E-state index contributed by atoms with van der Waals surface area (Å²) in [4.78, 5) is 2.16. The van der Waals surface area contributed by atoms with Crippen LogP contribution in [-0.2, 0) is 29.0 Å². The second-order valence-corrected chi connectivity index (χ2v) is 6.96. The summed E-state index contributed by atoms with van der Waals surface area (Å²) in [6.07, 6.45) is -2.65. The molecule has 23 heavy (non-hydrogen) atoms. The van der Waals surface area contributed by atoms with Crippen molar-refractivity contribution in [1.82, 2.24) is 9.89 Å². The Labute approximate surface area is 131 Å². The molecule has 0 fully saturated rings. The second kappa shape index (κ2) is 5.55. The Bertz CT molecular complexity index is 814. The molecule has 0 spiro atoms. The Kier molecular flexibility index (Phi) is 3.83. The first kappa shape index (κ1) is 15.9. The van der Waals surface area contributed by atoms with E-state index in [2.05, 4.69) is 5.10 Å². The van der Waals surface area contributed by atoms with E-state index in [0.29, 0.717) is 23.3 Å². The van der Waals surface area contributed by atoms with E-state index in [1.807, 2.05) is 4.83 Å². The fourth-order valence-electron chi connectivity index (χ4n) is 2.68. The van der Waals surface area contributed by atoms with E-state index < -0.39 is 21.9 Å². The first-order chi connectivity index (χ1) is 10.8. The predicted octanol–water partition coefficient (Wildman–Crippen LogP) is 2.71. The zero-order valence-corrected chi connectivity index (χ0v) is 12.8. The highest BCUT2D eigenvalue weighted by Crippen LogP contribution is 2.36. The standard InChI is InChI=1S/C14H14F3N3O2S/c15-14(16,17)13-11-8-4-5-9-12(11)18-20(13)19-23(21,22)10-6-2-1-3-7-10/h1-3,6-7,19H,4-5,8-9H2. The lowest BCUT2D eigenvalue weighted by Crippen LogP contribution is -2.29. The normalized spacial score (nSPS) is 15.3. The van der Waals surface area contributed by atoms with E-state index >= 15 is 0 Å². The Balaban J connectivity index is 2.05. The van der Waals surface area contributed by atoms with Gasteiger partial charge in [-0.1, -0.05) is 18.2 Å². The van der Waals surface area contributed by atoms with Crippen molar-refractivity contribution < 1.29 is 21.6 Å². The van der Waals surface area contributed by atoms with E-state index in [0.717, 1.165) is 6.42 Å². The summed E-state index contributed by atoms with van der Waals surface area (Å²) in [5, 5.41) is 3.83. The maximum Gasteiger partial charge on any atom is 0.435 e. The lowest BCUT2D eigenvalue weighted by Gasteiger charge is -2.15. The first-order valence-electron chi connectivity index (χ1n) is 7.05. The van der Waals surface area contributed by atoms with Crippen molar-refractivity contribution in [3.8, 4) is 0 Å². The molecule has 9 heteroatoms. The van der Waals surface area contributed by atoms with Gasteiger partial charge in [-0.15, -0.1) is 0 Å². The Morgan fingerprint density at radius 2 is 1.74 bits per heavy atom. The quantitative estimate of drug-likeness (QED) is 0.930. The van der Waals surface area contributed by atoms with Crippen molar-refractivity contribution in [3.05, 3.63) is 47.3 Å². The molecule has 1 aromatic carbocycles. The summed E-state index contributed by atoms with van der Waals surface area (Å²) >= 11 is 0. The molecule has 1 aliphatic carbocycles. The van der Waals surface area contributed by atoms with Crippen LogP contribution in [0, 0.1) is 0 Å². The van der Waals surface area contributed by atoms with E-state index in [1.54, 1.807) is 6.07 Å². The van der Waals surface area contributed by atoms with Gasteiger partial charge in [0.2, 0.25) is 0 Å². The van der Waals surface area contributed by atoms with Gasteiger partial charge in [-0.3, -0.25) is 0 Å². The van der Waals surface area contributed by atoms with Gasteiger partial charge in [0, 0.05) is 5.56 Å². The molecule has 1 aromatic heterocycles. The van der Waals surface area contributed by atoms with E-state index in [1.165, 1.54) is 24.3 Å². The van der Waals surface area contributed by atoms with Gasteiger partial charge in [-0.25, -0.2) is 0 Å². The maximum absolute atomic E-state index is 13.4. The van der Waals surface area contributed by atoms with Crippen molar-refractivity contribution in [2.45, 2.75) is 36.8 Å². The Hall–Kier alpha value is -2.03. The third-order valence-corrected chi connectivity index (χ3v) is 4.99. The molecule has 0 bridgehead atoms. The molecule has 0 aliphatic heterocycles. The number of nitrogens with zero attached hydrogens (tertiary/aromatic N) is 2. The number of sulfonamides is 1. The van der Waals surface area contributed by atoms with Gasteiger partial charge in [0.05, 0.1) is 10.6 Å². The Morgan fingerprint density at radius 3 is 2.39 bits per heavy atom. The van der Waals surface area contributed by atoms with Crippen LogP contribution in [-0.4, -0.2) is 18.3 Å². The van der Waals surface area contributed by atoms with Crippen molar-refractivity contribution >= 4 is 10.0 Å². The van der Waals surface area contributed by atoms with Gasteiger partial charge in [-0.05, 0) is 37.8 Å². The van der Waals surface area contributed by atoms with Crippen LogP contribution >= 0.6 is 0 Å². The number of rotatable bonds is 3. The molecule has 1 aliphatic rings. The molecular weight excluding hydrogens is 331 g/mol. The highest BCUT2D eigenvalue weighted by atomic mass is 32.2. The number of aryl methyl sites for hydroxylation is 1. The molecule has 5 nitrogen and oxygen atoms in total. The highest BCUT2D eigenvalue weighted by Gasteiger charge is 2.41. The molecule has 1 N–H and O–H groups in total. The summed E-state index contributed by atoms with van der Waals surface area (Å²) < 4.78 is 64.6. The number of aromatic nitrogens is 2. The van der Waals surface area contributed by atoms with Gasteiger partial charge in [-0.2, -0.15) is 36.3 Å².